The summed E-state index contributed by atoms with van der Waals surface area (Å²) in [5.74, 6) is -0.0431. The first-order valence-corrected chi connectivity index (χ1v) is 7.84. The summed E-state index contributed by atoms with van der Waals surface area (Å²) >= 11 is 0. The van der Waals surface area contributed by atoms with E-state index in [1.807, 2.05) is 43.5 Å². The van der Waals surface area contributed by atoms with Crippen molar-refractivity contribution in [1.82, 2.24) is 9.88 Å². The number of rotatable bonds is 1. The minimum atomic E-state index is -0.0431. The van der Waals surface area contributed by atoms with Crippen LogP contribution < -0.4 is 0 Å². The van der Waals surface area contributed by atoms with E-state index in [-0.39, 0.29) is 5.78 Å². The molecule has 0 spiro atoms. The van der Waals surface area contributed by atoms with Crippen molar-refractivity contribution < 1.29 is 4.79 Å². The second kappa shape index (κ2) is 5.78. The lowest BCUT2D eigenvalue weighted by atomic mass is 9.95. The quantitative estimate of drug-likeness (QED) is 0.792. The van der Waals surface area contributed by atoms with E-state index in [4.69, 9.17) is 0 Å². The van der Waals surface area contributed by atoms with Crippen LogP contribution in [0.25, 0.3) is 17.3 Å². The van der Waals surface area contributed by atoms with Crippen LogP contribution in [0.4, 0.5) is 0 Å². The van der Waals surface area contributed by atoms with Gasteiger partial charge >= 0.3 is 0 Å². The Morgan fingerprint density at radius 2 is 1.79 bits per heavy atom. The zero-order valence-electron chi connectivity index (χ0n) is 13.3. The molecule has 2 heterocycles. The van der Waals surface area contributed by atoms with Crippen LogP contribution in [0.1, 0.15) is 27.2 Å². The number of aromatic nitrogens is 1. The summed E-state index contributed by atoms with van der Waals surface area (Å²) in [4.78, 5) is 18.3. The Morgan fingerprint density at radius 3 is 2.71 bits per heavy atom. The van der Waals surface area contributed by atoms with Crippen molar-refractivity contribution in [3.05, 3.63) is 95.5 Å². The maximum Gasteiger partial charge on any atom is 0.204 e. The lowest BCUT2D eigenvalue weighted by Crippen LogP contribution is -2.13. The predicted molar refractivity (Wildman–Crippen MR) is 96.9 cm³/mol. The molecule has 0 saturated carbocycles. The van der Waals surface area contributed by atoms with Crippen molar-refractivity contribution in [2.24, 2.45) is 0 Å². The molecular weight excluding hydrogens is 296 g/mol. The highest BCUT2D eigenvalue weighted by Gasteiger charge is 2.17. The fourth-order valence-corrected chi connectivity index (χ4v) is 3.03. The van der Waals surface area contributed by atoms with Crippen molar-refractivity contribution in [3.8, 4) is 0 Å². The van der Waals surface area contributed by atoms with Crippen molar-refractivity contribution >= 4 is 23.1 Å². The molecule has 1 aromatic heterocycles. The first-order valence-electron chi connectivity index (χ1n) is 7.84. The summed E-state index contributed by atoms with van der Waals surface area (Å²) in [6, 6.07) is 12.1. The molecule has 2 aliphatic rings. The number of nitrogens with zero attached hydrogens (tertiary/aromatic N) is 2. The van der Waals surface area contributed by atoms with Gasteiger partial charge in [0.2, 0.25) is 5.78 Å². The second-order valence-corrected chi connectivity index (χ2v) is 5.78. The molecule has 1 aromatic carbocycles. The van der Waals surface area contributed by atoms with Gasteiger partial charge in [0.15, 0.2) is 0 Å². The molecule has 3 nitrogen and oxygen atoms in total. The summed E-state index contributed by atoms with van der Waals surface area (Å²) in [5.41, 5.74) is 5.91. The van der Waals surface area contributed by atoms with Gasteiger partial charge in [0.25, 0.3) is 0 Å². The Morgan fingerprint density at radius 1 is 0.958 bits per heavy atom. The molecule has 0 N–H and O–H groups in total. The molecular formula is C21H16N2O. The zero-order valence-corrected chi connectivity index (χ0v) is 13.3. The first kappa shape index (κ1) is 14.4. The Balaban J connectivity index is 1.80. The van der Waals surface area contributed by atoms with Crippen molar-refractivity contribution in [2.45, 2.75) is 0 Å². The highest BCUT2D eigenvalue weighted by atomic mass is 16.1. The largest absolute Gasteiger partial charge is 0.351 e. The van der Waals surface area contributed by atoms with Gasteiger partial charge in [-0.15, -0.1) is 0 Å². The SMILES string of the molecule is CN1C=Cc2ccccc2/C1=C/C=C1/C=CC(=O)c2ncccc21. The molecule has 4 rings (SSSR count). The van der Waals surface area contributed by atoms with Gasteiger partial charge in [0, 0.05) is 36.3 Å². The Kier molecular flexibility index (Phi) is 3.47. The van der Waals surface area contributed by atoms with E-state index in [2.05, 4.69) is 40.4 Å². The topological polar surface area (TPSA) is 33.2 Å². The summed E-state index contributed by atoms with van der Waals surface area (Å²) in [6.07, 6.45) is 13.4. The predicted octanol–water partition coefficient (Wildman–Crippen LogP) is 4.17. The number of allylic oxidation sites excluding steroid dienone is 5. The van der Waals surface area contributed by atoms with E-state index >= 15 is 0 Å². The number of benzene rings is 1. The molecule has 0 saturated heterocycles. The monoisotopic (exact) mass is 312 g/mol. The van der Waals surface area contributed by atoms with Crippen LogP contribution >= 0.6 is 0 Å². The van der Waals surface area contributed by atoms with E-state index in [0.29, 0.717) is 5.69 Å². The molecule has 0 bridgehead atoms. The van der Waals surface area contributed by atoms with Crippen LogP contribution in [0.2, 0.25) is 0 Å². The van der Waals surface area contributed by atoms with E-state index in [9.17, 15) is 4.79 Å². The van der Waals surface area contributed by atoms with Gasteiger partial charge in [0.1, 0.15) is 5.69 Å². The summed E-state index contributed by atoms with van der Waals surface area (Å²) in [5, 5.41) is 0. The van der Waals surface area contributed by atoms with Gasteiger partial charge in [-0.25, -0.2) is 0 Å². The highest BCUT2D eigenvalue weighted by molar-refractivity contribution is 6.11. The van der Waals surface area contributed by atoms with Crippen molar-refractivity contribution in [3.63, 3.8) is 0 Å². The van der Waals surface area contributed by atoms with Crippen LogP contribution in [0.5, 0.6) is 0 Å². The summed E-state index contributed by atoms with van der Waals surface area (Å²) < 4.78 is 0. The van der Waals surface area contributed by atoms with Crippen LogP contribution in [0.3, 0.4) is 0 Å². The highest BCUT2D eigenvalue weighted by Crippen LogP contribution is 2.30. The summed E-state index contributed by atoms with van der Waals surface area (Å²) in [6.45, 7) is 0. The van der Waals surface area contributed by atoms with E-state index in [1.165, 1.54) is 11.1 Å². The fraction of sp³-hybridized carbons (Fsp3) is 0.0476. The average Bonchev–Trinajstić information content (AvgIpc) is 2.63. The normalized spacial score (nSPS) is 18.9. The number of hydrogen-bond acceptors (Lipinski definition) is 3. The number of pyridine rings is 1. The second-order valence-electron chi connectivity index (χ2n) is 5.78. The van der Waals surface area contributed by atoms with Crippen molar-refractivity contribution in [2.75, 3.05) is 7.05 Å². The number of carbonyl (C=O) groups is 1. The molecule has 0 atom stereocenters. The van der Waals surface area contributed by atoms with Crippen LogP contribution in [0.15, 0.2) is 73.1 Å². The number of hydrogen-bond donors (Lipinski definition) is 0. The Labute approximate surface area is 141 Å². The lowest BCUT2D eigenvalue weighted by Gasteiger charge is -2.24. The van der Waals surface area contributed by atoms with Crippen LogP contribution in [-0.4, -0.2) is 22.7 Å². The molecule has 2 aromatic rings. The molecule has 1 aliphatic heterocycles. The minimum absolute atomic E-state index is 0.0431. The van der Waals surface area contributed by atoms with Crippen LogP contribution in [0, 0.1) is 0 Å². The molecule has 116 valence electrons. The summed E-state index contributed by atoms with van der Waals surface area (Å²) in [7, 11) is 2.03. The molecule has 0 unspecified atom stereocenters. The van der Waals surface area contributed by atoms with Crippen molar-refractivity contribution in [1.29, 1.82) is 0 Å². The molecule has 3 heteroatoms. The lowest BCUT2D eigenvalue weighted by molar-refractivity contribution is 0.104. The smallest absolute Gasteiger partial charge is 0.204 e. The van der Waals surface area contributed by atoms with E-state index in [0.717, 1.165) is 16.8 Å². The van der Waals surface area contributed by atoms with Gasteiger partial charge in [-0.1, -0.05) is 42.5 Å². The van der Waals surface area contributed by atoms with Gasteiger partial charge in [-0.05, 0) is 35.4 Å². The third-order valence-electron chi connectivity index (χ3n) is 4.28. The van der Waals surface area contributed by atoms with Crippen LogP contribution in [-0.2, 0) is 0 Å². The minimum Gasteiger partial charge on any atom is -0.351 e. The Bertz CT molecular complexity index is 948. The average molecular weight is 312 g/mol. The third-order valence-corrected chi connectivity index (χ3v) is 4.28. The van der Waals surface area contributed by atoms with Gasteiger partial charge in [0.05, 0.1) is 0 Å². The Hall–Kier alpha value is -3.20. The maximum absolute atomic E-state index is 11.9. The molecule has 0 radical (unpaired) electrons. The van der Waals surface area contributed by atoms with Gasteiger partial charge in [-0.2, -0.15) is 0 Å². The molecule has 0 fully saturated rings. The maximum atomic E-state index is 11.9. The zero-order chi connectivity index (χ0) is 16.5. The molecule has 0 amide bonds. The van der Waals surface area contributed by atoms with Gasteiger partial charge < -0.3 is 4.90 Å². The number of ketones is 1. The number of carbonyl (C=O) groups excluding carboxylic acids is 1. The third kappa shape index (κ3) is 2.40. The molecule has 1 aliphatic carbocycles. The fourth-order valence-electron chi connectivity index (χ4n) is 3.03. The standard InChI is InChI=1S/C21H16N2O/c1-23-14-12-15-5-2-3-6-17(15)19(23)10-8-16-9-11-20(24)21-18(16)7-4-13-22-21/h2-14H,1H3/b16-8-,19-10-. The van der Waals surface area contributed by atoms with Gasteiger partial charge in [-0.3, -0.25) is 9.78 Å². The van der Waals surface area contributed by atoms with E-state index in [1.54, 1.807) is 12.3 Å². The molecule has 24 heavy (non-hydrogen) atoms. The van der Waals surface area contributed by atoms with E-state index < -0.39 is 0 Å². The number of fused-ring (bicyclic) bond motifs is 2. The first-order chi connectivity index (χ1) is 11.7.